The Morgan fingerprint density at radius 1 is 0.846 bits per heavy atom. The monoisotopic (exact) mass is 342 g/mol. The average molecular weight is 342 g/mol. The molecule has 0 saturated carbocycles. The van der Waals surface area contributed by atoms with E-state index < -0.39 is 0 Å². The molecule has 0 aromatic heterocycles. The number of hydrogen-bond acceptors (Lipinski definition) is 4. The van der Waals surface area contributed by atoms with Crippen LogP contribution in [0, 0.1) is 0 Å². The minimum atomic E-state index is 0.762. The molecule has 0 aliphatic carbocycles. The molecular formula is C22H22N4. The molecule has 3 aromatic rings. The van der Waals surface area contributed by atoms with Crippen molar-refractivity contribution in [2.75, 3.05) is 24.7 Å². The quantitative estimate of drug-likeness (QED) is 0.452. The maximum atomic E-state index is 5.74. The van der Waals surface area contributed by atoms with Crippen LogP contribution in [0.15, 0.2) is 83.5 Å². The number of nitrogens with zero attached hydrogens (tertiary/aromatic N) is 3. The van der Waals surface area contributed by atoms with Gasteiger partial charge < -0.3 is 10.6 Å². The molecule has 0 saturated heterocycles. The molecule has 0 aliphatic rings. The van der Waals surface area contributed by atoms with E-state index in [0.717, 1.165) is 39.4 Å². The number of hydrogen-bond donors (Lipinski definition) is 1. The van der Waals surface area contributed by atoms with Crippen molar-refractivity contribution in [1.29, 1.82) is 0 Å². The average Bonchev–Trinajstić information content (AvgIpc) is 2.67. The van der Waals surface area contributed by atoms with Crippen LogP contribution in [0.4, 0.5) is 22.7 Å². The van der Waals surface area contributed by atoms with E-state index in [-0.39, 0.29) is 0 Å². The van der Waals surface area contributed by atoms with Crippen molar-refractivity contribution in [2.24, 2.45) is 10.2 Å². The van der Waals surface area contributed by atoms with Crippen LogP contribution in [0.25, 0.3) is 17.2 Å². The van der Waals surface area contributed by atoms with Crippen LogP contribution in [0.2, 0.25) is 0 Å². The molecule has 0 atom stereocenters. The fraction of sp³-hybridized carbons (Fsp3) is 0.0909. The van der Waals surface area contributed by atoms with E-state index in [9.17, 15) is 0 Å². The van der Waals surface area contributed by atoms with Gasteiger partial charge in [-0.3, -0.25) is 0 Å². The highest BCUT2D eigenvalue weighted by molar-refractivity contribution is 5.69. The summed E-state index contributed by atoms with van der Waals surface area (Å²) < 4.78 is 0. The standard InChI is InChI=1S/C22H22N4/c1-4-16-15-21(26(2)3)13-14-22(16)25-24-20-11-7-18(8-12-20)17-5-9-19(23)10-6-17/h4-15H,1,23H2,2-3H3. The molecule has 0 fully saturated rings. The van der Waals surface area contributed by atoms with E-state index in [0.29, 0.717) is 0 Å². The molecule has 130 valence electrons. The zero-order valence-electron chi connectivity index (χ0n) is 15.1. The summed E-state index contributed by atoms with van der Waals surface area (Å²) >= 11 is 0. The third-order valence-electron chi connectivity index (χ3n) is 4.13. The van der Waals surface area contributed by atoms with E-state index in [1.54, 1.807) is 6.08 Å². The largest absolute Gasteiger partial charge is 0.399 e. The lowest BCUT2D eigenvalue weighted by molar-refractivity contribution is 1.13. The van der Waals surface area contributed by atoms with Gasteiger partial charge >= 0.3 is 0 Å². The summed E-state index contributed by atoms with van der Waals surface area (Å²) in [6, 6.07) is 21.8. The first kappa shape index (κ1) is 17.4. The fourth-order valence-corrected chi connectivity index (χ4v) is 2.58. The molecule has 4 nitrogen and oxygen atoms in total. The van der Waals surface area contributed by atoms with Gasteiger partial charge in [-0.2, -0.15) is 5.11 Å². The fourth-order valence-electron chi connectivity index (χ4n) is 2.58. The summed E-state index contributed by atoms with van der Waals surface area (Å²) in [6.07, 6.45) is 1.80. The van der Waals surface area contributed by atoms with Gasteiger partial charge in [0.25, 0.3) is 0 Å². The summed E-state index contributed by atoms with van der Waals surface area (Å²) in [7, 11) is 4.01. The molecule has 26 heavy (non-hydrogen) atoms. The Morgan fingerprint density at radius 2 is 1.46 bits per heavy atom. The van der Waals surface area contributed by atoms with Crippen molar-refractivity contribution in [3.8, 4) is 11.1 Å². The highest BCUT2D eigenvalue weighted by atomic mass is 15.1. The Kier molecular flexibility index (Phi) is 5.13. The second-order valence-electron chi connectivity index (χ2n) is 6.21. The van der Waals surface area contributed by atoms with E-state index in [2.05, 4.69) is 16.8 Å². The van der Waals surface area contributed by atoms with Crippen LogP contribution in [-0.2, 0) is 0 Å². The number of rotatable bonds is 5. The van der Waals surface area contributed by atoms with Gasteiger partial charge in [-0.15, -0.1) is 5.11 Å². The molecule has 0 unspecified atom stereocenters. The molecule has 0 amide bonds. The summed E-state index contributed by atoms with van der Waals surface area (Å²) in [6.45, 7) is 3.87. The van der Waals surface area contributed by atoms with E-state index in [1.807, 2.05) is 85.7 Å². The molecule has 0 heterocycles. The van der Waals surface area contributed by atoms with Gasteiger partial charge in [0.1, 0.15) is 0 Å². The van der Waals surface area contributed by atoms with E-state index >= 15 is 0 Å². The maximum Gasteiger partial charge on any atom is 0.0930 e. The third kappa shape index (κ3) is 3.98. The minimum absolute atomic E-state index is 0.762. The van der Waals surface area contributed by atoms with Gasteiger partial charge in [-0.05, 0) is 53.6 Å². The van der Waals surface area contributed by atoms with E-state index in [4.69, 9.17) is 5.73 Å². The summed E-state index contributed by atoms with van der Waals surface area (Å²) in [5.41, 5.74) is 12.4. The summed E-state index contributed by atoms with van der Waals surface area (Å²) in [5.74, 6) is 0. The van der Waals surface area contributed by atoms with Crippen LogP contribution in [-0.4, -0.2) is 14.1 Å². The second kappa shape index (κ2) is 7.66. The minimum Gasteiger partial charge on any atom is -0.399 e. The summed E-state index contributed by atoms with van der Waals surface area (Å²) in [5, 5.41) is 8.73. The lowest BCUT2D eigenvalue weighted by atomic mass is 10.1. The van der Waals surface area contributed by atoms with Gasteiger partial charge in [0.05, 0.1) is 11.4 Å². The van der Waals surface area contributed by atoms with Crippen molar-refractivity contribution < 1.29 is 0 Å². The van der Waals surface area contributed by atoms with Crippen molar-refractivity contribution in [3.05, 3.63) is 78.9 Å². The molecule has 2 N–H and O–H groups in total. The molecule has 0 bridgehead atoms. The predicted molar refractivity (Wildman–Crippen MR) is 111 cm³/mol. The third-order valence-corrected chi connectivity index (χ3v) is 4.13. The van der Waals surface area contributed by atoms with Crippen LogP contribution in [0.1, 0.15) is 5.56 Å². The smallest absolute Gasteiger partial charge is 0.0930 e. The SMILES string of the molecule is C=Cc1cc(N(C)C)ccc1N=Nc1ccc(-c2ccc(N)cc2)cc1. The summed E-state index contributed by atoms with van der Waals surface area (Å²) in [4.78, 5) is 2.05. The highest BCUT2D eigenvalue weighted by Gasteiger charge is 2.03. The number of nitrogens with two attached hydrogens (primary N) is 1. The van der Waals surface area contributed by atoms with Gasteiger partial charge in [-0.1, -0.05) is 36.9 Å². The number of anilines is 2. The lowest BCUT2D eigenvalue weighted by Gasteiger charge is -2.13. The molecule has 3 aromatic carbocycles. The van der Waals surface area contributed by atoms with Crippen LogP contribution < -0.4 is 10.6 Å². The Morgan fingerprint density at radius 3 is 2.04 bits per heavy atom. The molecule has 0 radical (unpaired) electrons. The number of benzene rings is 3. The van der Waals surface area contributed by atoms with Crippen molar-refractivity contribution in [1.82, 2.24) is 0 Å². The Hall–Kier alpha value is -3.40. The Balaban J connectivity index is 1.80. The van der Waals surface area contributed by atoms with Crippen LogP contribution >= 0.6 is 0 Å². The molecule has 0 aliphatic heterocycles. The highest BCUT2D eigenvalue weighted by Crippen LogP contribution is 2.28. The maximum absolute atomic E-state index is 5.74. The first-order chi connectivity index (χ1) is 12.6. The molecule has 0 spiro atoms. The van der Waals surface area contributed by atoms with E-state index in [1.165, 1.54) is 0 Å². The van der Waals surface area contributed by atoms with Gasteiger partial charge in [0, 0.05) is 31.0 Å². The first-order valence-electron chi connectivity index (χ1n) is 8.38. The predicted octanol–water partition coefficient (Wildman–Crippen LogP) is 6.06. The first-order valence-corrected chi connectivity index (χ1v) is 8.38. The zero-order chi connectivity index (χ0) is 18.5. The molecule has 3 rings (SSSR count). The normalized spacial score (nSPS) is 10.8. The molecule has 4 heteroatoms. The molecular weight excluding hydrogens is 320 g/mol. The number of nitrogen functional groups attached to an aromatic ring is 1. The van der Waals surface area contributed by atoms with Crippen LogP contribution in [0.5, 0.6) is 0 Å². The van der Waals surface area contributed by atoms with Crippen LogP contribution in [0.3, 0.4) is 0 Å². The van der Waals surface area contributed by atoms with Crippen molar-refractivity contribution in [3.63, 3.8) is 0 Å². The zero-order valence-corrected chi connectivity index (χ0v) is 15.1. The van der Waals surface area contributed by atoms with Gasteiger partial charge in [-0.25, -0.2) is 0 Å². The Bertz CT molecular complexity index is 923. The van der Waals surface area contributed by atoms with Crippen molar-refractivity contribution in [2.45, 2.75) is 0 Å². The Labute approximate surface area is 154 Å². The second-order valence-corrected chi connectivity index (χ2v) is 6.21. The number of azo groups is 1. The van der Waals surface area contributed by atoms with Gasteiger partial charge in [0.15, 0.2) is 0 Å². The topological polar surface area (TPSA) is 54.0 Å². The van der Waals surface area contributed by atoms with Crippen molar-refractivity contribution >= 4 is 28.8 Å². The van der Waals surface area contributed by atoms with Gasteiger partial charge in [0.2, 0.25) is 0 Å². The lowest BCUT2D eigenvalue weighted by Crippen LogP contribution is -2.08.